The predicted octanol–water partition coefficient (Wildman–Crippen LogP) is 3.12. The van der Waals surface area contributed by atoms with Crippen LogP contribution in [-0.2, 0) is 16.1 Å². The lowest BCUT2D eigenvalue weighted by Crippen LogP contribution is -2.29. The number of aliphatic hydroxyl groups excluding tert-OH is 1. The van der Waals surface area contributed by atoms with Crippen molar-refractivity contribution in [3.8, 4) is 17.2 Å². The minimum absolute atomic E-state index is 0.0543. The Labute approximate surface area is 196 Å². The average molecular weight is 461 g/mol. The summed E-state index contributed by atoms with van der Waals surface area (Å²) in [5.74, 6) is -0.787. The summed E-state index contributed by atoms with van der Waals surface area (Å²) in [4.78, 5) is 36.0. The second-order valence-corrected chi connectivity index (χ2v) is 7.44. The van der Waals surface area contributed by atoms with Crippen LogP contribution in [0.15, 0.2) is 66.6 Å². The minimum atomic E-state index is -0.927. The summed E-state index contributed by atoms with van der Waals surface area (Å²) in [6.07, 6.45) is 4.60. The maximum Gasteiger partial charge on any atom is 0.296 e. The molecule has 1 unspecified atom stereocenters. The average Bonchev–Trinajstić information content (AvgIpc) is 3.13. The number of ketones is 1. The number of likely N-dealkylation sites (tertiary alicyclic amines) is 1. The third-order valence-corrected chi connectivity index (χ3v) is 5.56. The van der Waals surface area contributed by atoms with E-state index in [0.717, 1.165) is 0 Å². The number of aliphatic hydroxyl groups is 1. The predicted molar refractivity (Wildman–Crippen MR) is 122 cm³/mol. The van der Waals surface area contributed by atoms with Gasteiger partial charge in [-0.3, -0.25) is 19.6 Å². The smallest absolute Gasteiger partial charge is 0.296 e. The summed E-state index contributed by atoms with van der Waals surface area (Å²) in [6, 6.07) is 10.8. The number of rotatable bonds is 7. The highest BCUT2D eigenvalue weighted by Gasteiger charge is 2.46. The van der Waals surface area contributed by atoms with Crippen molar-refractivity contribution < 1.29 is 28.9 Å². The summed E-state index contributed by atoms with van der Waals surface area (Å²) in [6.45, 7) is 0.0554. The van der Waals surface area contributed by atoms with Gasteiger partial charge in [0, 0.05) is 24.2 Å². The third-order valence-electron chi connectivity index (χ3n) is 5.56. The van der Waals surface area contributed by atoms with E-state index in [0.29, 0.717) is 34.1 Å². The van der Waals surface area contributed by atoms with Gasteiger partial charge in [0.2, 0.25) is 5.75 Å². The standard InChI is InChI=1S/C25H23N3O6/c1-32-18-12-16(13-19(33-2)24(18)34-3)21-20(22(29)15-7-10-26-11-8-15)23(30)25(31)28(21)14-17-6-4-5-9-27-17/h4-13,21,29H,14H2,1-3H3/b22-20+. The molecule has 1 amide bonds. The van der Waals surface area contributed by atoms with Crippen molar-refractivity contribution in [3.63, 3.8) is 0 Å². The van der Waals surface area contributed by atoms with E-state index in [1.807, 2.05) is 0 Å². The van der Waals surface area contributed by atoms with Crippen LogP contribution in [0.25, 0.3) is 5.76 Å². The highest BCUT2D eigenvalue weighted by atomic mass is 16.5. The van der Waals surface area contributed by atoms with Gasteiger partial charge in [-0.25, -0.2) is 0 Å². The first-order chi connectivity index (χ1) is 16.5. The molecule has 3 heterocycles. The molecule has 1 atom stereocenters. The van der Waals surface area contributed by atoms with E-state index in [-0.39, 0.29) is 17.9 Å². The van der Waals surface area contributed by atoms with Crippen LogP contribution in [0.4, 0.5) is 0 Å². The van der Waals surface area contributed by atoms with Gasteiger partial charge in [0.25, 0.3) is 11.7 Å². The summed E-state index contributed by atoms with van der Waals surface area (Å²) >= 11 is 0. The van der Waals surface area contributed by atoms with Crippen LogP contribution < -0.4 is 14.2 Å². The second kappa shape index (κ2) is 9.62. The van der Waals surface area contributed by atoms with E-state index in [1.54, 1.807) is 48.7 Å². The van der Waals surface area contributed by atoms with Crippen molar-refractivity contribution in [1.29, 1.82) is 0 Å². The van der Waals surface area contributed by atoms with Crippen molar-refractivity contribution >= 4 is 17.4 Å². The molecule has 1 fully saturated rings. The van der Waals surface area contributed by atoms with Gasteiger partial charge in [0.05, 0.1) is 45.2 Å². The molecular formula is C25H23N3O6. The number of pyridine rings is 2. The van der Waals surface area contributed by atoms with Gasteiger partial charge in [-0.1, -0.05) is 6.07 Å². The number of nitrogens with zero attached hydrogens (tertiary/aromatic N) is 3. The summed E-state index contributed by atoms with van der Waals surface area (Å²) in [7, 11) is 4.43. The lowest BCUT2D eigenvalue weighted by atomic mass is 9.95. The van der Waals surface area contributed by atoms with Gasteiger partial charge in [0.15, 0.2) is 11.5 Å². The molecule has 2 aromatic heterocycles. The molecule has 1 aliphatic rings. The van der Waals surface area contributed by atoms with Crippen LogP contribution in [0.3, 0.4) is 0 Å². The molecule has 1 aromatic carbocycles. The monoisotopic (exact) mass is 461 g/mol. The molecule has 174 valence electrons. The Balaban J connectivity index is 1.94. The summed E-state index contributed by atoms with van der Waals surface area (Å²) in [5.41, 5.74) is 1.40. The molecule has 1 saturated heterocycles. The van der Waals surface area contributed by atoms with Crippen molar-refractivity contribution in [2.45, 2.75) is 12.6 Å². The number of carbonyl (C=O) groups excluding carboxylic acids is 2. The van der Waals surface area contributed by atoms with Crippen molar-refractivity contribution in [2.75, 3.05) is 21.3 Å². The van der Waals surface area contributed by atoms with Gasteiger partial charge in [-0.2, -0.15) is 0 Å². The summed E-state index contributed by atoms with van der Waals surface area (Å²) in [5, 5.41) is 11.1. The first-order valence-corrected chi connectivity index (χ1v) is 10.4. The molecule has 34 heavy (non-hydrogen) atoms. The van der Waals surface area contributed by atoms with E-state index < -0.39 is 17.7 Å². The van der Waals surface area contributed by atoms with E-state index >= 15 is 0 Å². The molecule has 4 rings (SSSR count). The molecule has 1 aliphatic heterocycles. The van der Waals surface area contributed by atoms with Gasteiger partial charge in [-0.15, -0.1) is 0 Å². The molecule has 0 aliphatic carbocycles. The molecule has 9 heteroatoms. The van der Waals surface area contributed by atoms with Gasteiger partial charge >= 0.3 is 0 Å². The Morgan fingerprint density at radius 2 is 1.65 bits per heavy atom. The fourth-order valence-electron chi connectivity index (χ4n) is 3.98. The SMILES string of the molecule is COc1cc(C2/C(=C(\O)c3ccncc3)C(=O)C(=O)N2Cc2ccccn2)cc(OC)c1OC. The summed E-state index contributed by atoms with van der Waals surface area (Å²) < 4.78 is 16.4. The Morgan fingerprint density at radius 1 is 0.971 bits per heavy atom. The van der Waals surface area contributed by atoms with Crippen molar-refractivity contribution in [1.82, 2.24) is 14.9 Å². The first kappa shape index (κ1) is 22.8. The molecule has 0 saturated carbocycles. The second-order valence-electron chi connectivity index (χ2n) is 7.44. The van der Waals surface area contributed by atoms with Crippen LogP contribution >= 0.6 is 0 Å². The normalized spacial score (nSPS) is 17.0. The number of carbonyl (C=O) groups is 2. The molecule has 0 bridgehead atoms. The number of hydrogen-bond donors (Lipinski definition) is 1. The quantitative estimate of drug-likeness (QED) is 0.325. The number of amides is 1. The molecule has 9 nitrogen and oxygen atoms in total. The maximum absolute atomic E-state index is 13.2. The Bertz CT molecular complexity index is 1220. The Morgan fingerprint density at radius 3 is 2.21 bits per heavy atom. The maximum atomic E-state index is 13.2. The zero-order valence-corrected chi connectivity index (χ0v) is 18.9. The van der Waals surface area contributed by atoms with Crippen molar-refractivity contribution in [3.05, 3.63) is 83.4 Å². The third kappa shape index (κ3) is 4.03. The fourth-order valence-corrected chi connectivity index (χ4v) is 3.98. The molecule has 1 N–H and O–H groups in total. The van der Waals surface area contributed by atoms with E-state index in [9.17, 15) is 14.7 Å². The van der Waals surface area contributed by atoms with Crippen LogP contribution in [-0.4, -0.2) is 53.0 Å². The number of hydrogen-bond acceptors (Lipinski definition) is 8. The van der Waals surface area contributed by atoms with E-state index in [2.05, 4.69) is 9.97 Å². The zero-order valence-electron chi connectivity index (χ0n) is 18.9. The van der Waals surface area contributed by atoms with Gasteiger partial charge in [-0.05, 0) is 42.0 Å². The number of ether oxygens (including phenoxy) is 3. The van der Waals surface area contributed by atoms with Crippen LogP contribution in [0.2, 0.25) is 0 Å². The lowest BCUT2D eigenvalue weighted by molar-refractivity contribution is -0.140. The fraction of sp³-hybridized carbons (Fsp3) is 0.200. The molecule has 0 spiro atoms. The zero-order chi connectivity index (χ0) is 24.2. The van der Waals surface area contributed by atoms with Gasteiger partial charge < -0.3 is 24.2 Å². The van der Waals surface area contributed by atoms with Crippen LogP contribution in [0.1, 0.15) is 22.9 Å². The highest BCUT2D eigenvalue weighted by molar-refractivity contribution is 6.46. The number of aromatic nitrogens is 2. The molecule has 3 aromatic rings. The van der Waals surface area contributed by atoms with Crippen LogP contribution in [0, 0.1) is 0 Å². The van der Waals surface area contributed by atoms with Crippen LogP contribution in [0.5, 0.6) is 17.2 Å². The minimum Gasteiger partial charge on any atom is -0.507 e. The molecule has 0 radical (unpaired) electrons. The van der Waals surface area contributed by atoms with E-state index in [4.69, 9.17) is 14.2 Å². The Kier molecular flexibility index (Phi) is 6.44. The van der Waals surface area contributed by atoms with E-state index in [1.165, 1.54) is 38.6 Å². The lowest BCUT2D eigenvalue weighted by Gasteiger charge is -2.26. The number of methoxy groups -OCH3 is 3. The topological polar surface area (TPSA) is 111 Å². The number of benzene rings is 1. The highest BCUT2D eigenvalue weighted by Crippen LogP contribution is 2.46. The Hall–Kier alpha value is -4.40. The largest absolute Gasteiger partial charge is 0.507 e. The molecular weight excluding hydrogens is 438 g/mol. The number of Topliss-reactive ketones (excluding diaryl/α,β-unsaturated/α-hetero) is 1. The van der Waals surface area contributed by atoms with Crippen molar-refractivity contribution in [2.24, 2.45) is 0 Å². The first-order valence-electron chi connectivity index (χ1n) is 10.4. The van der Waals surface area contributed by atoms with Gasteiger partial charge in [0.1, 0.15) is 5.76 Å².